The fraction of sp³-hybridized carbons (Fsp3) is 0.308. The van der Waals surface area contributed by atoms with Gasteiger partial charge in [0, 0.05) is 11.1 Å². The van der Waals surface area contributed by atoms with Crippen molar-refractivity contribution >= 4 is 22.5 Å². The highest BCUT2D eigenvalue weighted by molar-refractivity contribution is 6.36. The van der Waals surface area contributed by atoms with Gasteiger partial charge in [-0.3, -0.25) is 0 Å². The molecule has 2 nitrogen and oxygen atoms in total. The van der Waals surface area contributed by atoms with Crippen LogP contribution in [0.3, 0.4) is 0 Å². The molecule has 0 fully saturated rings. The van der Waals surface area contributed by atoms with Crippen molar-refractivity contribution in [2.45, 2.75) is 26.1 Å². The Labute approximate surface area is 113 Å². The van der Waals surface area contributed by atoms with E-state index in [9.17, 15) is 13.2 Å². The third-order valence-corrected chi connectivity index (χ3v) is 3.33. The summed E-state index contributed by atoms with van der Waals surface area (Å²) < 4.78 is 39.0. The Morgan fingerprint density at radius 1 is 1.37 bits per heavy atom. The zero-order valence-electron chi connectivity index (χ0n) is 10.1. The van der Waals surface area contributed by atoms with Crippen LogP contribution in [0.5, 0.6) is 0 Å². The molecule has 1 heterocycles. The fourth-order valence-corrected chi connectivity index (χ4v) is 2.36. The first-order chi connectivity index (χ1) is 8.87. The summed E-state index contributed by atoms with van der Waals surface area (Å²) in [5.74, 6) is 0. The molecule has 100 valence electrons. The second-order valence-corrected chi connectivity index (χ2v) is 4.54. The van der Waals surface area contributed by atoms with Gasteiger partial charge in [0.25, 0.3) is 0 Å². The smallest absolute Gasteiger partial charge is 0.335 e. The van der Waals surface area contributed by atoms with Gasteiger partial charge in [0.05, 0.1) is 16.1 Å². The molecular formula is C13H10ClF3N2. The largest absolute Gasteiger partial charge is 0.406 e. The van der Waals surface area contributed by atoms with E-state index >= 15 is 0 Å². The minimum atomic E-state index is -4.30. The molecule has 0 saturated carbocycles. The van der Waals surface area contributed by atoms with Gasteiger partial charge < -0.3 is 4.57 Å². The van der Waals surface area contributed by atoms with Gasteiger partial charge in [-0.25, -0.2) is 0 Å². The number of rotatable bonds is 2. The van der Waals surface area contributed by atoms with Crippen LogP contribution in [-0.2, 0) is 13.0 Å². The average Bonchev–Trinajstić information content (AvgIpc) is 2.67. The molecule has 0 aliphatic rings. The van der Waals surface area contributed by atoms with Crippen molar-refractivity contribution < 1.29 is 13.2 Å². The summed E-state index contributed by atoms with van der Waals surface area (Å²) in [5.41, 5.74) is 1.21. The van der Waals surface area contributed by atoms with E-state index in [0.29, 0.717) is 23.0 Å². The third kappa shape index (κ3) is 2.54. The molecule has 2 aromatic rings. The molecule has 0 N–H and O–H groups in total. The van der Waals surface area contributed by atoms with Crippen molar-refractivity contribution in [3.05, 3.63) is 34.5 Å². The molecule has 0 radical (unpaired) electrons. The van der Waals surface area contributed by atoms with Crippen LogP contribution in [0.1, 0.15) is 18.2 Å². The van der Waals surface area contributed by atoms with E-state index < -0.39 is 12.7 Å². The van der Waals surface area contributed by atoms with Crippen LogP contribution >= 0.6 is 11.6 Å². The molecule has 1 aromatic heterocycles. The van der Waals surface area contributed by atoms with Crippen molar-refractivity contribution in [3.8, 4) is 6.07 Å². The molecule has 0 saturated heterocycles. The highest BCUT2D eigenvalue weighted by Gasteiger charge is 2.29. The number of hydrogen-bond donors (Lipinski definition) is 0. The SMILES string of the molecule is CCc1cc2c(Cl)c(C#N)ccc2n1CC(F)(F)F. The number of fused-ring (bicyclic) bond motifs is 1. The van der Waals surface area contributed by atoms with Gasteiger partial charge in [0.2, 0.25) is 0 Å². The fourth-order valence-electron chi connectivity index (χ4n) is 2.10. The highest BCUT2D eigenvalue weighted by atomic mass is 35.5. The summed E-state index contributed by atoms with van der Waals surface area (Å²) in [6, 6.07) is 6.48. The lowest BCUT2D eigenvalue weighted by Gasteiger charge is -2.12. The minimum absolute atomic E-state index is 0.204. The lowest BCUT2D eigenvalue weighted by Crippen LogP contribution is -2.19. The molecule has 0 unspecified atom stereocenters. The molecule has 1 aromatic carbocycles. The quantitative estimate of drug-likeness (QED) is 0.809. The van der Waals surface area contributed by atoms with E-state index in [2.05, 4.69) is 0 Å². The summed E-state index contributed by atoms with van der Waals surface area (Å²) in [4.78, 5) is 0. The van der Waals surface area contributed by atoms with Crippen LogP contribution in [0.2, 0.25) is 5.02 Å². The average molecular weight is 287 g/mol. The van der Waals surface area contributed by atoms with Crippen molar-refractivity contribution in [1.29, 1.82) is 5.26 Å². The van der Waals surface area contributed by atoms with Gasteiger partial charge in [-0.15, -0.1) is 0 Å². The number of hydrogen-bond acceptors (Lipinski definition) is 1. The maximum atomic E-state index is 12.6. The van der Waals surface area contributed by atoms with Crippen LogP contribution in [-0.4, -0.2) is 10.7 Å². The summed E-state index contributed by atoms with van der Waals surface area (Å²) in [6.45, 7) is 0.724. The van der Waals surface area contributed by atoms with Crippen molar-refractivity contribution in [3.63, 3.8) is 0 Å². The second kappa shape index (κ2) is 4.78. The molecule has 6 heteroatoms. The predicted molar refractivity (Wildman–Crippen MR) is 67.1 cm³/mol. The number of nitrogens with zero attached hydrogens (tertiary/aromatic N) is 2. The first-order valence-electron chi connectivity index (χ1n) is 5.65. The molecule has 0 amide bonds. The Kier molecular flexibility index (Phi) is 3.46. The van der Waals surface area contributed by atoms with E-state index in [4.69, 9.17) is 16.9 Å². The monoisotopic (exact) mass is 286 g/mol. The van der Waals surface area contributed by atoms with Gasteiger partial charge in [0.15, 0.2) is 0 Å². The first kappa shape index (κ1) is 13.8. The maximum absolute atomic E-state index is 12.6. The van der Waals surface area contributed by atoms with Crippen molar-refractivity contribution in [2.75, 3.05) is 0 Å². The Morgan fingerprint density at radius 2 is 2.05 bits per heavy atom. The lowest BCUT2D eigenvalue weighted by molar-refractivity contribution is -0.140. The highest BCUT2D eigenvalue weighted by Crippen LogP contribution is 2.32. The Hall–Kier alpha value is -1.67. The summed E-state index contributed by atoms with van der Waals surface area (Å²) in [5, 5.41) is 9.57. The standard InChI is InChI=1S/C13H10ClF3N2/c1-2-9-5-10-11(19(9)7-13(15,16)17)4-3-8(6-18)12(10)14/h3-5H,2,7H2,1H3. The van der Waals surface area contributed by atoms with E-state index in [1.165, 1.54) is 16.7 Å². The van der Waals surface area contributed by atoms with Crippen LogP contribution in [0.4, 0.5) is 13.2 Å². The number of benzene rings is 1. The van der Waals surface area contributed by atoms with Crippen molar-refractivity contribution in [2.24, 2.45) is 0 Å². The second-order valence-electron chi connectivity index (χ2n) is 4.16. The molecule has 0 atom stereocenters. The minimum Gasteiger partial charge on any atom is -0.335 e. The normalized spacial score (nSPS) is 11.8. The molecule has 19 heavy (non-hydrogen) atoms. The van der Waals surface area contributed by atoms with Crippen LogP contribution in [0.15, 0.2) is 18.2 Å². The van der Waals surface area contributed by atoms with Crippen molar-refractivity contribution in [1.82, 2.24) is 4.57 Å². The molecular weight excluding hydrogens is 277 g/mol. The van der Waals surface area contributed by atoms with E-state index in [0.717, 1.165) is 0 Å². The molecule has 0 spiro atoms. The van der Waals surface area contributed by atoms with Crippen LogP contribution in [0, 0.1) is 11.3 Å². The zero-order valence-corrected chi connectivity index (χ0v) is 10.8. The van der Waals surface area contributed by atoms with Gasteiger partial charge in [-0.1, -0.05) is 18.5 Å². The lowest BCUT2D eigenvalue weighted by atomic mass is 10.1. The summed E-state index contributed by atoms with van der Waals surface area (Å²) in [6.07, 6.45) is -3.83. The summed E-state index contributed by atoms with van der Waals surface area (Å²) >= 11 is 6.04. The van der Waals surface area contributed by atoms with E-state index in [1.807, 2.05) is 6.07 Å². The van der Waals surface area contributed by atoms with Gasteiger partial charge >= 0.3 is 6.18 Å². The number of aryl methyl sites for hydroxylation is 1. The summed E-state index contributed by atoms with van der Waals surface area (Å²) in [7, 11) is 0. The Morgan fingerprint density at radius 3 is 2.58 bits per heavy atom. The molecule has 0 aliphatic heterocycles. The first-order valence-corrected chi connectivity index (χ1v) is 6.02. The van der Waals surface area contributed by atoms with E-state index in [-0.39, 0.29) is 10.6 Å². The predicted octanol–water partition coefficient (Wildman–Crippen LogP) is 4.29. The van der Waals surface area contributed by atoms with Crippen LogP contribution in [0.25, 0.3) is 10.9 Å². The number of nitriles is 1. The van der Waals surface area contributed by atoms with Crippen LogP contribution < -0.4 is 0 Å². The van der Waals surface area contributed by atoms with Gasteiger partial charge in [-0.2, -0.15) is 18.4 Å². The van der Waals surface area contributed by atoms with E-state index in [1.54, 1.807) is 13.0 Å². The van der Waals surface area contributed by atoms with Gasteiger partial charge in [0.1, 0.15) is 12.6 Å². The zero-order chi connectivity index (χ0) is 14.2. The molecule has 2 rings (SSSR count). The third-order valence-electron chi connectivity index (χ3n) is 2.93. The number of halogens is 4. The maximum Gasteiger partial charge on any atom is 0.406 e. The van der Waals surface area contributed by atoms with Gasteiger partial charge in [-0.05, 0) is 24.6 Å². The Bertz CT molecular complexity index is 665. The molecule has 0 bridgehead atoms. The molecule has 0 aliphatic carbocycles. The number of alkyl halides is 3. The Balaban J connectivity index is 2.70. The number of aromatic nitrogens is 1. The topological polar surface area (TPSA) is 28.7 Å².